The monoisotopic (exact) mass is 374 g/mol. The highest BCUT2D eigenvalue weighted by Gasteiger charge is 2.37. The second kappa shape index (κ2) is 7.22. The largest absolute Gasteiger partial charge is 0.507 e. The Bertz CT molecular complexity index is 876. The van der Waals surface area contributed by atoms with E-state index in [1.165, 1.54) is 16.7 Å². The lowest BCUT2D eigenvalue weighted by Gasteiger charge is -2.19. The molecule has 4 bridgehead atoms. The number of hydrogen-bond donors (Lipinski definition) is 1. The van der Waals surface area contributed by atoms with E-state index in [0.29, 0.717) is 0 Å². The van der Waals surface area contributed by atoms with Crippen LogP contribution < -0.4 is 0 Å². The smallest absolute Gasteiger partial charge is 0.454 e. The zero-order chi connectivity index (χ0) is 19.8. The summed E-state index contributed by atoms with van der Waals surface area (Å²) in [5.74, 6) is -2.71. The van der Waals surface area contributed by atoms with E-state index in [1.807, 2.05) is 6.92 Å². The summed E-state index contributed by atoms with van der Waals surface area (Å²) in [6, 6.07) is 9.63. The number of halogens is 3. The number of hydrogen-bond acceptors (Lipinski definition) is 2. The molecule has 1 aliphatic carbocycles. The van der Waals surface area contributed by atoms with Crippen LogP contribution in [0.5, 0.6) is 0 Å². The van der Waals surface area contributed by atoms with E-state index in [9.17, 15) is 23.1 Å². The van der Waals surface area contributed by atoms with Gasteiger partial charge in [-0.2, -0.15) is 13.2 Å². The van der Waals surface area contributed by atoms with Crippen molar-refractivity contribution in [2.75, 3.05) is 0 Å². The van der Waals surface area contributed by atoms with Gasteiger partial charge in [-0.05, 0) is 85.0 Å². The van der Waals surface area contributed by atoms with E-state index >= 15 is 0 Å². The molecule has 0 atom stereocenters. The van der Waals surface area contributed by atoms with E-state index in [1.54, 1.807) is 12.1 Å². The third kappa shape index (κ3) is 4.07. The van der Waals surface area contributed by atoms with E-state index in [0.717, 1.165) is 42.4 Å². The molecule has 0 aromatic heterocycles. The molecule has 0 fully saturated rings. The van der Waals surface area contributed by atoms with Gasteiger partial charge in [0.05, 0.1) is 0 Å². The Labute approximate surface area is 156 Å². The molecular formula is C22H21F3O2. The van der Waals surface area contributed by atoms with Crippen molar-refractivity contribution >= 4 is 11.5 Å². The van der Waals surface area contributed by atoms with Gasteiger partial charge in [0.15, 0.2) is 0 Å². The van der Waals surface area contributed by atoms with Crippen LogP contribution in [-0.2, 0) is 30.5 Å². The SMILES string of the molecule is Cc1c2cccc1CCc1cc(/C(O)=C\C(=O)C(F)(F)F)cc(c1C)CC2. The standard InChI is InChI=1S/C22H21F3O2/c1-13-15-4-3-5-16(13)7-9-18-11-19(10-17(8-6-15)14(18)2)20(26)12-21(27)22(23,24)25/h3-5,10-12,26H,6-9H2,1-2H3/b20-12+. The zero-order valence-corrected chi connectivity index (χ0v) is 15.3. The third-order valence-corrected chi connectivity index (χ3v) is 5.35. The van der Waals surface area contributed by atoms with Gasteiger partial charge in [-0.3, -0.25) is 4.79 Å². The molecule has 5 heteroatoms. The summed E-state index contributed by atoms with van der Waals surface area (Å²) in [7, 11) is 0. The summed E-state index contributed by atoms with van der Waals surface area (Å²) in [6.07, 6.45) is -1.66. The van der Waals surface area contributed by atoms with Crippen LogP contribution in [0, 0.1) is 13.8 Å². The van der Waals surface area contributed by atoms with Gasteiger partial charge >= 0.3 is 6.18 Å². The summed E-state index contributed by atoms with van der Waals surface area (Å²) in [5, 5.41) is 10.1. The van der Waals surface area contributed by atoms with Crippen LogP contribution in [-0.4, -0.2) is 17.1 Å². The molecule has 2 nitrogen and oxygen atoms in total. The molecule has 0 unspecified atom stereocenters. The average molecular weight is 374 g/mol. The minimum absolute atomic E-state index is 0.254. The summed E-state index contributed by atoms with van der Waals surface area (Å²) in [6.45, 7) is 4.12. The molecule has 2 aromatic carbocycles. The number of rotatable bonds is 2. The molecule has 0 aliphatic heterocycles. The minimum atomic E-state index is -4.99. The Morgan fingerprint density at radius 1 is 0.926 bits per heavy atom. The second-order valence-electron chi connectivity index (χ2n) is 7.01. The fourth-order valence-electron chi connectivity index (χ4n) is 3.61. The quantitative estimate of drug-likeness (QED) is 0.578. The number of aliphatic hydroxyl groups excluding tert-OH is 1. The van der Waals surface area contributed by atoms with Crippen LogP contribution in [0.4, 0.5) is 13.2 Å². The van der Waals surface area contributed by atoms with Crippen LogP contribution in [0.15, 0.2) is 36.4 Å². The van der Waals surface area contributed by atoms with Gasteiger partial charge in [0, 0.05) is 11.6 Å². The van der Waals surface area contributed by atoms with Crippen molar-refractivity contribution in [2.45, 2.75) is 45.7 Å². The Balaban J connectivity index is 2.01. The molecule has 27 heavy (non-hydrogen) atoms. The molecule has 3 rings (SSSR count). The summed E-state index contributed by atoms with van der Waals surface area (Å²) >= 11 is 0. The fraction of sp³-hybridized carbons (Fsp3) is 0.318. The number of ketones is 1. The Kier molecular flexibility index (Phi) is 5.13. The predicted octanol–water partition coefficient (Wildman–Crippen LogP) is 5.22. The first-order valence-electron chi connectivity index (χ1n) is 8.88. The molecule has 0 radical (unpaired) electrons. The number of allylic oxidation sites excluding steroid dienone is 1. The molecule has 2 aromatic rings. The lowest BCUT2D eigenvalue weighted by Crippen LogP contribution is -2.20. The Morgan fingerprint density at radius 3 is 1.85 bits per heavy atom. The van der Waals surface area contributed by atoms with Crippen molar-refractivity contribution in [1.29, 1.82) is 0 Å². The number of fused-ring (bicyclic) bond motifs is 4. The van der Waals surface area contributed by atoms with Crippen LogP contribution in [0.25, 0.3) is 5.76 Å². The highest BCUT2D eigenvalue weighted by Crippen LogP contribution is 2.28. The van der Waals surface area contributed by atoms with Crippen LogP contribution in [0.2, 0.25) is 0 Å². The lowest BCUT2D eigenvalue weighted by atomic mass is 9.87. The number of alkyl halides is 3. The highest BCUT2D eigenvalue weighted by atomic mass is 19.4. The number of aliphatic hydroxyl groups is 1. The lowest BCUT2D eigenvalue weighted by molar-refractivity contribution is -0.165. The maximum absolute atomic E-state index is 12.5. The molecule has 0 saturated carbocycles. The zero-order valence-electron chi connectivity index (χ0n) is 15.3. The first kappa shape index (κ1) is 19.2. The molecular weight excluding hydrogens is 353 g/mol. The first-order chi connectivity index (χ1) is 12.7. The highest BCUT2D eigenvalue weighted by molar-refractivity contribution is 5.99. The van der Waals surface area contributed by atoms with Crippen molar-refractivity contribution in [3.05, 3.63) is 75.4 Å². The van der Waals surface area contributed by atoms with Gasteiger partial charge in [0.25, 0.3) is 5.78 Å². The van der Waals surface area contributed by atoms with Gasteiger partial charge in [-0.25, -0.2) is 0 Å². The number of aryl methyl sites for hydroxylation is 4. The molecule has 0 spiro atoms. The Hall–Kier alpha value is -2.56. The molecule has 1 aliphatic rings. The fourth-order valence-corrected chi connectivity index (χ4v) is 3.61. The van der Waals surface area contributed by atoms with Crippen molar-refractivity contribution in [3.63, 3.8) is 0 Å². The van der Waals surface area contributed by atoms with Gasteiger partial charge in [0.2, 0.25) is 0 Å². The van der Waals surface area contributed by atoms with Gasteiger partial charge in [0.1, 0.15) is 5.76 Å². The molecule has 1 N–H and O–H groups in total. The predicted molar refractivity (Wildman–Crippen MR) is 98.8 cm³/mol. The normalized spacial score (nSPS) is 14.8. The molecule has 0 amide bonds. The first-order valence-corrected chi connectivity index (χ1v) is 8.88. The van der Waals surface area contributed by atoms with Crippen molar-refractivity contribution in [3.8, 4) is 0 Å². The van der Waals surface area contributed by atoms with E-state index in [-0.39, 0.29) is 11.6 Å². The van der Waals surface area contributed by atoms with Crippen molar-refractivity contribution in [2.24, 2.45) is 0 Å². The Morgan fingerprint density at radius 2 is 1.37 bits per heavy atom. The van der Waals surface area contributed by atoms with Crippen LogP contribution in [0.1, 0.15) is 38.9 Å². The summed E-state index contributed by atoms with van der Waals surface area (Å²) in [4.78, 5) is 11.2. The van der Waals surface area contributed by atoms with E-state index < -0.39 is 17.7 Å². The number of benzene rings is 2. The molecule has 142 valence electrons. The third-order valence-electron chi connectivity index (χ3n) is 5.35. The van der Waals surface area contributed by atoms with Crippen LogP contribution in [0.3, 0.4) is 0 Å². The molecule has 0 saturated heterocycles. The van der Waals surface area contributed by atoms with E-state index in [4.69, 9.17) is 0 Å². The average Bonchev–Trinajstić information content (AvgIpc) is 2.59. The van der Waals surface area contributed by atoms with Crippen molar-refractivity contribution in [1.82, 2.24) is 0 Å². The van der Waals surface area contributed by atoms with Crippen molar-refractivity contribution < 1.29 is 23.1 Å². The number of carbonyl (C=O) groups is 1. The maximum Gasteiger partial charge on any atom is 0.454 e. The van der Waals surface area contributed by atoms with Gasteiger partial charge in [-0.15, -0.1) is 0 Å². The van der Waals surface area contributed by atoms with E-state index in [2.05, 4.69) is 25.1 Å². The second-order valence-corrected chi connectivity index (χ2v) is 7.01. The minimum Gasteiger partial charge on any atom is -0.507 e. The van der Waals surface area contributed by atoms with Gasteiger partial charge in [-0.1, -0.05) is 18.2 Å². The molecule has 0 heterocycles. The summed E-state index contributed by atoms with van der Waals surface area (Å²) in [5.41, 5.74) is 7.11. The topological polar surface area (TPSA) is 37.3 Å². The maximum atomic E-state index is 12.5. The number of carbonyl (C=O) groups excluding carboxylic acids is 1. The summed E-state index contributed by atoms with van der Waals surface area (Å²) < 4.78 is 37.5. The van der Waals surface area contributed by atoms with Crippen LogP contribution >= 0.6 is 0 Å². The van der Waals surface area contributed by atoms with Gasteiger partial charge < -0.3 is 5.11 Å².